The third kappa shape index (κ3) is 1.78. The number of hydroxylamine groups is 1. The first kappa shape index (κ1) is 11.6. The maximum absolute atomic E-state index is 12.3. The van der Waals surface area contributed by atoms with Gasteiger partial charge in [0, 0.05) is 24.8 Å². The van der Waals surface area contributed by atoms with E-state index in [1.54, 1.807) is 13.3 Å². The van der Waals surface area contributed by atoms with Gasteiger partial charge < -0.3 is 9.94 Å². The minimum atomic E-state index is -0.183. The molecule has 0 bridgehead atoms. The lowest BCUT2D eigenvalue weighted by atomic mass is 9.75. The molecule has 1 fully saturated rings. The van der Waals surface area contributed by atoms with Gasteiger partial charge in [-0.3, -0.25) is 0 Å². The minimum Gasteiger partial charge on any atom is -0.623 e. The van der Waals surface area contributed by atoms with E-state index in [2.05, 4.69) is 6.07 Å². The second kappa shape index (κ2) is 4.30. The smallest absolute Gasteiger partial charge is 0.182 e. The molecule has 0 aromatic heterocycles. The van der Waals surface area contributed by atoms with Crippen LogP contribution in [-0.4, -0.2) is 23.6 Å². The quantitative estimate of drug-likeness (QED) is 0.563. The van der Waals surface area contributed by atoms with Crippen molar-refractivity contribution in [1.82, 2.24) is 0 Å². The fourth-order valence-electron chi connectivity index (χ4n) is 3.29. The Kier molecular flexibility index (Phi) is 2.77. The number of hydrogen-bond acceptors (Lipinski definition) is 2. The van der Waals surface area contributed by atoms with Crippen molar-refractivity contribution in [2.45, 2.75) is 44.1 Å². The molecular weight excluding hydrogens is 226 g/mol. The first-order chi connectivity index (χ1) is 8.73. The van der Waals surface area contributed by atoms with Crippen LogP contribution in [0.4, 0.5) is 0 Å². The molecule has 3 rings (SSSR count). The van der Waals surface area contributed by atoms with E-state index in [4.69, 9.17) is 4.74 Å². The normalized spacial score (nSPS) is 21.3. The Bertz CT molecular complexity index is 487. The Labute approximate surface area is 108 Å². The van der Waals surface area contributed by atoms with Gasteiger partial charge in [-0.15, -0.1) is 0 Å². The van der Waals surface area contributed by atoms with Crippen LogP contribution in [0.2, 0.25) is 0 Å². The number of methoxy groups -OCH3 is 1. The molecule has 0 atom stereocenters. The van der Waals surface area contributed by atoms with Crippen LogP contribution in [0.15, 0.2) is 18.2 Å². The molecule has 0 amide bonds. The van der Waals surface area contributed by atoms with E-state index < -0.39 is 0 Å². The SMILES string of the molecule is COc1ccc2c(c1)CC1(CCCCC1)[N+]([O-])=C2. The van der Waals surface area contributed by atoms with Gasteiger partial charge in [0.1, 0.15) is 5.75 Å². The highest BCUT2D eigenvalue weighted by Gasteiger charge is 2.42. The Morgan fingerprint density at radius 1 is 1.22 bits per heavy atom. The Hall–Kier alpha value is -1.51. The van der Waals surface area contributed by atoms with Crippen molar-refractivity contribution >= 4 is 6.21 Å². The number of ether oxygens (including phenoxy) is 1. The highest BCUT2D eigenvalue weighted by Crippen LogP contribution is 2.37. The standard InChI is InChI=1S/C15H19NO2/c1-18-14-6-5-12-11-16(17)15(10-13(12)9-14)7-3-2-4-8-15/h5-6,9,11H,2-4,7-8,10H2,1H3. The molecule has 3 nitrogen and oxygen atoms in total. The van der Waals surface area contributed by atoms with Crippen molar-refractivity contribution < 1.29 is 9.48 Å². The molecule has 96 valence electrons. The van der Waals surface area contributed by atoms with Crippen LogP contribution < -0.4 is 4.74 Å². The number of rotatable bonds is 1. The van der Waals surface area contributed by atoms with Crippen LogP contribution in [0.3, 0.4) is 0 Å². The van der Waals surface area contributed by atoms with E-state index in [0.717, 1.165) is 30.6 Å². The molecule has 0 saturated heterocycles. The third-order valence-corrected chi connectivity index (χ3v) is 4.38. The van der Waals surface area contributed by atoms with E-state index in [9.17, 15) is 5.21 Å². The van der Waals surface area contributed by atoms with Crippen LogP contribution in [0.25, 0.3) is 0 Å². The Morgan fingerprint density at radius 2 is 2.00 bits per heavy atom. The fourth-order valence-corrected chi connectivity index (χ4v) is 3.29. The predicted octanol–water partition coefficient (Wildman–Crippen LogP) is 2.88. The summed E-state index contributed by atoms with van der Waals surface area (Å²) in [6.45, 7) is 0. The van der Waals surface area contributed by atoms with E-state index in [1.807, 2.05) is 12.1 Å². The van der Waals surface area contributed by atoms with Gasteiger partial charge in [-0.25, -0.2) is 4.74 Å². The molecular formula is C15H19NO2. The second-order valence-electron chi connectivity index (χ2n) is 5.48. The summed E-state index contributed by atoms with van der Waals surface area (Å²) < 4.78 is 6.50. The maximum atomic E-state index is 12.3. The summed E-state index contributed by atoms with van der Waals surface area (Å²) in [6, 6.07) is 5.98. The van der Waals surface area contributed by atoms with Crippen LogP contribution >= 0.6 is 0 Å². The van der Waals surface area contributed by atoms with Crippen LogP contribution in [0.1, 0.15) is 43.2 Å². The molecule has 1 aliphatic carbocycles. The molecule has 0 unspecified atom stereocenters. The van der Waals surface area contributed by atoms with Gasteiger partial charge in [0.15, 0.2) is 11.8 Å². The van der Waals surface area contributed by atoms with Crippen molar-refractivity contribution in [3.05, 3.63) is 34.5 Å². The molecule has 2 aliphatic rings. The summed E-state index contributed by atoms with van der Waals surface area (Å²) in [5.74, 6) is 0.882. The highest BCUT2D eigenvalue weighted by atomic mass is 16.5. The van der Waals surface area contributed by atoms with E-state index in [0.29, 0.717) is 0 Å². The lowest BCUT2D eigenvalue weighted by molar-refractivity contribution is -0.553. The second-order valence-corrected chi connectivity index (χ2v) is 5.48. The highest BCUT2D eigenvalue weighted by molar-refractivity contribution is 5.79. The van der Waals surface area contributed by atoms with Crippen molar-refractivity contribution in [1.29, 1.82) is 0 Å². The van der Waals surface area contributed by atoms with Gasteiger partial charge in [-0.1, -0.05) is 6.42 Å². The fraction of sp³-hybridized carbons (Fsp3) is 0.533. The van der Waals surface area contributed by atoms with Crippen molar-refractivity contribution in [2.24, 2.45) is 0 Å². The Balaban J connectivity index is 2.00. The zero-order chi connectivity index (χ0) is 12.6. The zero-order valence-corrected chi connectivity index (χ0v) is 10.8. The molecule has 1 saturated carbocycles. The van der Waals surface area contributed by atoms with Crippen LogP contribution in [-0.2, 0) is 6.42 Å². The molecule has 1 aromatic rings. The molecule has 1 heterocycles. The number of fused-ring (bicyclic) bond motifs is 1. The monoisotopic (exact) mass is 245 g/mol. The third-order valence-electron chi connectivity index (χ3n) is 4.38. The van der Waals surface area contributed by atoms with Crippen molar-refractivity contribution in [2.75, 3.05) is 7.11 Å². The lowest BCUT2D eigenvalue weighted by Crippen LogP contribution is -2.46. The van der Waals surface area contributed by atoms with Crippen molar-refractivity contribution in [3.63, 3.8) is 0 Å². The topological polar surface area (TPSA) is 35.3 Å². The summed E-state index contributed by atoms with van der Waals surface area (Å²) in [4.78, 5) is 0. The lowest BCUT2D eigenvalue weighted by Gasteiger charge is -2.37. The first-order valence-corrected chi connectivity index (χ1v) is 6.72. The molecule has 1 spiro atoms. The first-order valence-electron chi connectivity index (χ1n) is 6.72. The molecule has 1 aliphatic heterocycles. The van der Waals surface area contributed by atoms with Crippen LogP contribution in [0.5, 0.6) is 5.75 Å². The minimum absolute atomic E-state index is 0.183. The molecule has 3 heteroatoms. The largest absolute Gasteiger partial charge is 0.623 e. The number of benzene rings is 1. The zero-order valence-electron chi connectivity index (χ0n) is 10.8. The van der Waals surface area contributed by atoms with Crippen molar-refractivity contribution in [3.8, 4) is 5.75 Å². The molecule has 0 radical (unpaired) electrons. The summed E-state index contributed by atoms with van der Waals surface area (Å²) in [5.41, 5.74) is 2.11. The van der Waals surface area contributed by atoms with Gasteiger partial charge in [0.05, 0.1) is 7.11 Å². The average molecular weight is 245 g/mol. The molecule has 0 N–H and O–H groups in total. The Morgan fingerprint density at radius 3 is 2.72 bits per heavy atom. The van der Waals surface area contributed by atoms with Gasteiger partial charge in [-0.2, -0.15) is 0 Å². The molecule has 18 heavy (non-hydrogen) atoms. The summed E-state index contributed by atoms with van der Waals surface area (Å²) in [7, 11) is 1.69. The summed E-state index contributed by atoms with van der Waals surface area (Å²) in [6.07, 6.45) is 8.27. The van der Waals surface area contributed by atoms with Gasteiger partial charge in [-0.05, 0) is 36.6 Å². The summed E-state index contributed by atoms with van der Waals surface area (Å²) in [5, 5.41) is 12.3. The van der Waals surface area contributed by atoms with E-state index >= 15 is 0 Å². The van der Waals surface area contributed by atoms with Gasteiger partial charge >= 0.3 is 0 Å². The van der Waals surface area contributed by atoms with Crippen LogP contribution in [0, 0.1) is 5.21 Å². The number of hydrogen-bond donors (Lipinski definition) is 0. The molecule has 1 aromatic carbocycles. The van der Waals surface area contributed by atoms with Gasteiger partial charge in [0.2, 0.25) is 0 Å². The van der Waals surface area contributed by atoms with E-state index in [1.165, 1.54) is 29.6 Å². The van der Waals surface area contributed by atoms with E-state index in [-0.39, 0.29) is 5.54 Å². The maximum Gasteiger partial charge on any atom is 0.182 e. The predicted molar refractivity (Wildman–Crippen MR) is 71.3 cm³/mol. The average Bonchev–Trinajstić information content (AvgIpc) is 2.41. The van der Waals surface area contributed by atoms with Gasteiger partial charge in [0.25, 0.3) is 0 Å². The summed E-state index contributed by atoms with van der Waals surface area (Å²) >= 11 is 0. The number of nitrogens with zero attached hydrogens (tertiary/aromatic N) is 1.